The van der Waals surface area contributed by atoms with Crippen molar-refractivity contribution in [2.75, 3.05) is 13.1 Å². The summed E-state index contributed by atoms with van der Waals surface area (Å²) in [4.78, 5) is 13.9. The minimum atomic E-state index is 0.0236. The molecule has 0 saturated carbocycles. The molecule has 1 atom stereocenters. The number of likely N-dealkylation sites (N-methyl/N-ethyl adjacent to an activating group) is 1. The van der Waals surface area contributed by atoms with Crippen LogP contribution in [0.3, 0.4) is 0 Å². The van der Waals surface area contributed by atoms with Gasteiger partial charge in [-0.2, -0.15) is 0 Å². The molecule has 1 saturated heterocycles. The fourth-order valence-electron chi connectivity index (χ4n) is 2.14. The molecule has 1 aliphatic rings. The van der Waals surface area contributed by atoms with E-state index in [1.807, 2.05) is 24.0 Å². The average molecular weight is 297 g/mol. The van der Waals surface area contributed by atoms with Gasteiger partial charge in [-0.3, -0.25) is 4.79 Å². The molecule has 1 aliphatic heterocycles. The first-order chi connectivity index (χ1) is 8.20. The molecule has 4 heteroatoms. The largest absolute Gasteiger partial charge is 0.337 e. The summed E-state index contributed by atoms with van der Waals surface area (Å²) in [6.45, 7) is 4.45. The normalized spacial score (nSPS) is 20.0. The zero-order chi connectivity index (χ0) is 12.3. The summed E-state index contributed by atoms with van der Waals surface area (Å²) in [5.41, 5.74) is 1.18. The monoisotopic (exact) mass is 296 g/mol. The summed E-state index contributed by atoms with van der Waals surface area (Å²) < 4.78 is 1.07. The van der Waals surface area contributed by atoms with Crippen molar-refractivity contribution in [2.45, 2.75) is 25.9 Å². The summed E-state index contributed by atoms with van der Waals surface area (Å²) in [6.07, 6.45) is 0.920. The van der Waals surface area contributed by atoms with Gasteiger partial charge in [0.1, 0.15) is 0 Å². The van der Waals surface area contributed by atoms with Crippen molar-refractivity contribution in [3.05, 3.63) is 34.3 Å². The molecule has 1 aromatic rings. The van der Waals surface area contributed by atoms with E-state index in [1.165, 1.54) is 5.56 Å². The SMILES string of the molecule is CCNC1CCN(Cc2ccc(Br)cc2)C1=O. The van der Waals surface area contributed by atoms with Crippen LogP contribution in [0, 0.1) is 0 Å². The number of hydrogen-bond acceptors (Lipinski definition) is 2. The first kappa shape index (κ1) is 12.6. The summed E-state index contributed by atoms with van der Waals surface area (Å²) in [5, 5.41) is 3.22. The van der Waals surface area contributed by atoms with Crippen molar-refractivity contribution in [3.63, 3.8) is 0 Å². The van der Waals surface area contributed by atoms with Gasteiger partial charge >= 0.3 is 0 Å². The summed E-state index contributed by atoms with van der Waals surface area (Å²) in [5.74, 6) is 0.231. The predicted octanol–water partition coefficient (Wildman–Crippen LogP) is 2.16. The molecule has 3 nitrogen and oxygen atoms in total. The number of rotatable bonds is 4. The lowest BCUT2D eigenvalue weighted by Gasteiger charge is -2.17. The Morgan fingerprint density at radius 3 is 2.76 bits per heavy atom. The third-order valence-corrected chi connectivity index (χ3v) is 3.56. The molecule has 1 fully saturated rings. The maximum atomic E-state index is 12.0. The molecule has 92 valence electrons. The summed E-state index contributed by atoms with van der Waals surface area (Å²) >= 11 is 3.41. The lowest BCUT2D eigenvalue weighted by Crippen LogP contribution is -2.37. The topological polar surface area (TPSA) is 32.3 Å². The quantitative estimate of drug-likeness (QED) is 0.923. The second-order valence-corrected chi connectivity index (χ2v) is 5.20. The minimum Gasteiger partial charge on any atom is -0.337 e. The van der Waals surface area contributed by atoms with Gasteiger partial charge in [0, 0.05) is 17.6 Å². The van der Waals surface area contributed by atoms with Crippen molar-refractivity contribution < 1.29 is 4.79 Å². The van der Waals surface area contributed by atoms with Gasteiger partial charge in [-0.05, 0) is 30.7 Å². The lowest BCUT2D eigenvalue weighted by atomic mass is 10.2. The highest BCUT2D eigenvalue weighted by Crippen LogP contribution is 2.17. The highest BCUT2D eigenvalue weighted by molar-refractivity contribution is 9.10. The first-order valence-corrected chi connectivity index (χ1v) is 6.76. The van der Waals surface area contributed by atoms with Gasteiger partial charge in [-0.15, -0.1) is 0 Å². The number of carbonyl (C=O) groups excluding carboxylic acids is 1. The first-order valence-electron chi connectivity index (χ1n) is 5.97. The highest BCUT2D eigenvalue weighted by Gasteiger charge is 2.30. The standard InChI is InChI=1S/C13H17BrN2O/c1-2-15-12-7-8-16(13(12)17)9-10-3-5-11(14)6-4-10/h3-6,12,15H,2,7-9H2,1H3. The van der Waals surface area contributed by atoms with Gasteiger partial charge in [0.05, 0.1) is 6.04 Å². The molecule has 1 aromatic carbocycles. The van der Waals surface area contributed by atoms with Crippen LogP contribution < -0.4 is 5.32 Å². The number of hydrogen-bond donors (Lipinski definition) is 1. The molecule has 0 spiro atoms. The van der Waals surface area contributed by atoms with E-state index in [2.05, 4.69) is 33.4 Å². The smallest absolute Gasteiger partial charge is 0.240 e. The van der Waals surface area contributed by atoms with E-state index in [9.17, 15) is 4.79 Å². The molecule has 1 N–H and O–H groups in total. The molecule has 0 radical (unpaired) electrons. The van der Waals surface area contributed by atoms with Gasteiger partial charge in [0.25, 0.3) is 0 Å². The number of nitrogens with one attached hydrogen (secondary N) is 1. The number of carbonyl (C=O) groups is 1. The van der Waals surface area contributed by atoms with Crippen molar-refractivity contribution in [3.8, 4) is 0 Å². The third kappa shape index (κ3) is 3.07. The van der Waals surface area contributed by atoms with Crippen LogP contribution in [0.2, 0.25) is 0 Å². The van der Waals surface area contributed by atoms with Crippen molar-refractivity contribution in [1.29, 1.82) is 0 Å². The van der Waals surface area contributed by atoms with Crippen LogP contribution in [0.25, 0.3) is 0 Å². The molecule has 2 rings (SSSR count). The van der Waals surface area contributed by atoms with E-state index in [4.69, 9.17) is 0 Å². The zero-order valence-electron chi connectivity index (χ0n) is 9.95. The van der Waals surface area contributed by atoms with Crippen molar-refractivity contribution >= 4 is 21.8 Å². The Bertz CT molecular complexity index is 391. The summed E-state index contributed by atoms with van der Waals surface area (Å²) in [6, 6.07) is 8.15. The van der Waals surface area contributed by atoms with Gasteiger partial charge < -0.3 is 10.2 Å². The Morgan fingerprint density at radius 1 is 1.41 bits per heavy atom. The Balaban J connectivity index is 1.96. The van der Waals surface area contributed by atoms with Gasteiger partial charge in [-0.25, -0.2) is 0 Å². The second kappa shape index (κ2) is 5.65. The van der Waals surface area contributed by atoms with Crippen LogP contribution in [0.5, 0.6) is 0 Å². The van der Waals surface area contributed by atoms with E-state index in [0.29, 0.717) is 6.54 Å². The maximum Gasteiger partial charge on any atom is 0.240 e. The van der Waals surface area contributed by atoms with E-state index in [0.717, 1.165) is 24.0 Å². The van der Waals surface area contributed by atoms with E-state index < -0.39 is 0 Å². The van der Waals surface area contributed by atoms with E-state index in [-0.39, 0.29) is 11.9 Å². The van der Waals surface area contributed by atoms with Crippen molar-refractivity contribution in [2.24, 2.45) is 0 Å². The van der Waals surface area contributed by atoms with E-state index in [1.54, 1.807) is 0 Å². The number of likely N-dealkylation sites (tertiary alicyclic amines) is 1. The summed E-state index contributed by atoms with van der Waals surface area (Å²) in [7, 11) is 0. The Kier molecular flexibility index (Phi) is 4.18. The van der Waals surface area contributed by atoms with Gasteiger partial charge in [-0.1, -0.05) is 35.0 Å². The van der Waals surface area contributed by atoms with E-state index >= 15 is 0 Å². The molecule has 1 amide bonds. The molecule has 0 aromatic heterocycles. The van der Waals surface area contributed by atoms with Crippen LogP contribution in [-0.2, 0) is 11.3 Å². The molecule has 0 bridgehead atoms. The molecule has 17 heavy (non-hydrogen) atoms. The van der Waals surface area contributed by atoms with Crippen LogP contribution >= 0.6 is 15.9 Å². The third-order valence-electron chi connectivity index (χ3n) is 3.03. The van der Waals surface area contributed by atoms with Crippen LogP contribution in [0.1, 0.15) is 18.9 Å². The molecule has 1 unspecified atom stereocenters. The number of amides is 1. The van der Waals surface area contributed by atoms with Crippen molar-refractivity contribution in [1.82, 2.24) is 10.2 Å². The maximum absolute atomic E-state index is 12.0. The van der Waals surface area contributed by atoms with Crippen LogP contribution in [0.15, 0.2) is 28.7 Å². The predicted molar refractivity (Wildman–Crippen MR) is 71.6 cm³/mol. The zero-order valence-corrected chi connectivity index (χ0v) is 11.5. The average Bonchev–Trinajstić information content (AvgIpc) is 2.65. The lowest BCUT2D eigenvalue weighted by molar-refractivity contribution is -0.129. The fraction of sp³-hybridized carbons (Fsp3) is 0.462. The number of halogens is 1. The number of nitrogens with zero attached hydrogens (tertiary/aromatic N) is 1. The second-order valence-electron chi connectivity index (χ2n) is 4.29. The Labute approximate surface area is 110 Å². The molecular weight excluding hydrogens is 280 g/mol. The molecular formula is C13H17BrN2O. The molecule has 1 heterocycles. The van der Waals surface area contributed by atoms with Crippen LogP contribution in [-0.4, -0.2) is 29.9 Å². The highest BCUT2D eigenvalue weighted by atomic mass is 79.9. The number of benzene rings is 1. The Morgan fingerprint density at radius 2 is 2.12 bits per heavy atom. The fourth-order valence-corrected chi connectivity index (χ4v) is 2.41. The molecule has 0 aliphatic carbocycles. The van der Waals surface area contributed by atoms with Gasteiger partial charge in [0.15, 0.2) is 0 Å². The van der Waals surface area contributed by atoms with Gasteiger partial charge in [0.2, 0.25) is 5.91 Å². The Hall–Kier alpha value is -0.870. The van der Waals surface area contributed by atoms with Crippen LogP contribution in [0.4, 0.5) is 0 Å². The minimum absolute atomic E-state index is 0.0236.